The number of rotatable bonds is 6. The van der Waals surface area contributed by atoms with Crippen molar-refractivity contribution in [2.24, 2.45) is 0 Å². The molecule has 1 atom stereocenters. The van der Waals surface area contributed by atoms with Gasteiger partial charge in [-0.05, 0) is 37.5 Å². The summed E-state index contributed by atoms with van der Waals surface area (Å²) in [4.78, 5) is 0. The van der Waals surface area contributed by atoms with Gasteiger partial charge in [-0.25, -0.2) is 4.39 Å². The van der Waals surface area contributed by atoms with E-state index in [1.807, 2.05) is 0 Å². The van der Waals surface area contributed by atoms with Gasteiger partial charge in [0.05, 0.1) is 12.7 Å². The lowest BCUT2D eigenvalue weighted by Gasteiger charge is -2.09. The van der Waals surface area contributed by atoms with Crippen LogP contribution in [0.2, 0.25) is 0 Å². The van der Waals surface area contributed by atoms with Crippen LogP contribution in [-0.4, -0.2) is 23.4 Å². The molecule has 0 saturated carbocycles. The van der Waals surface area contributed by atoms with Gasteiger partial charge < -0.3 is 14.9 Å². The van der Waals surface area contributed by atoms with Crippen molar-refractivity contribution < 1.29 is 19.3 Å². The minimum atomic E-state index is -0.682. The van der Waals surface area contributed by atoms with Crippen LogP contribution in [0.25, 0.3) is 0 Å². The van der Waals surface area contributed by atoms with Crippen LogP contribution in [0.1, 0.15) is 31.4 Å². The number of hydrogen-bond donors (Lipinski definition) is 2. The molecule has 0 fully saturated rings. The van der Waals surface area contributed by atoms with Gasteiger partial charge in [-0.2, -0.15) is 0 Å². The Balaban J connectivity index is 2.54. The van der Waals surface area contributed by atoms with E-state index in [2.05, 4.69) is 0 Å². The van der Waals surface area contributed by atoms with Gasteiger partial charge in [-0.3, -0.25) is 0 Å². The predicted octanol–water partition coefficient (Wildman–Crippen LogP) is 2.03. The molecule has 0 heterocycles. The third-order valence-corrected chi connectivity index (χ3v) is 2.25. The number of ether oxygens (including phenoxy) is 1. The van der Waals surface area contributed by atoms with Crippen LogP contribution >= 0.6 is 0 Å². The molecule has 90 valence electrons. The van der Waals surface area contributed by atoms with Crippen molar-refractivity contribution in [2.75, 3.05) is 13.2 Å². The number of hydrogen-bond acceptors (Lipinski definition) is 3. The molecule has 0 aromatic heterocycles. The summed E-state index contributed by atoms with van der Waals surface area (Å²) in [5, 5.41) is 17.8. The van der Waals surface area contributed by atoms with Gasteiger partial charge in [0.2, 0.25) is 0 Å². The van der Waals surface area contributed by atoms with Gasteiger partial charge in [0, 0.05) is 6.61 Å². The summed E-state index contributed by atoms with van der Waals surface area (Å²) in [5.41, 5.74) is 0.528. The molecule has 0 aliphatic heterocycles. The third-order valence-electron chi connectivity index (χ3n) is 2.25. The summed E-state index contributed by atoms with van der Waals surface area (Å²) in [6.45, 7) is 2.08. The highest BCUT2D eigenvalue weighted by Gasteiger charge is 2.07. The largest absolute Gasteiger partial charge is 0.491 e. The summed E-state index contributed by atoms with van der Waals surface area (Å²) in [6, 6.07) is 4.41. The molecule has 4 heteroatoms. The molecule has 1 aromatic carbocycles. The SMILES string of the molecule is C[C@H](O)c1ccc(OCCCCO)c(F)c1. The molecule has 0 radical (unpaired) electrons. The summed E-state index contributed by atoms with van der Waals surface area (Å²) in [6.07, 6.45) is 0.652. The zero-order chi connectivity index (χ0) is 12.0. The Morgan fingerprint density at radius 1 is 1.38 bits per heavy atom. The maximum atomic E-state index is 13.4. The van der Waals surface area contributed by atoms with E-state index in [0.29, 0.717) is 25.0 Å². The Labute approximate surface area is 94.5 Å². The third kappa shape index (κ3) is 3.79. The number of aliphatic hydroxyl groups excluding tert-OH is 2. The standard InChI is InChI=1S/C12H17FO3/c1-9(15)10-4-5-12(11(13)8-10)16-7-3-2-6-14/h4-5,8-9,14-15H,2-3,6-7H2,1H3/t9-/m0/s1. The zero-order valence-electron chi connectivity index (χ0n) is 9.32. The fourth-order valence-corrected chi connectivity index (χ4v) is 1.29. The molecule has 2 N–H and O–H groups in total. The van der Waals surface area contributed by atoms with Gasteiger partial charge in [-0.15, -0.1) is 0 Å². The maximum Gasteiger partial charge on any atom is 0.165 e. The number of halogens is 1. The van der Waals surface area contributed by atoms with Gasteiger partial charge in [0.15, 0.2) is 11.6 Å². The Morgan fingerprint density at radius 2 is 2.12 bits per heavy atom. The molecule has 0 amide bonds. The molecule has 0 spiro atoms. The summed E-state index contributed by atoms with van der Waals surface area (Å²) < 4.78 is 18.6. The minimum Gasteiger partial charge on any atom is -0.491 e. The molecule has 1 aromatic rings. The van der Waals surface area contributed by atoms with Gasteiger partial charge in [-0.1, -0.05) is 6.07 Å². The Morgan fingerprint density at radius 3 is 2.69 bits per heavy atom. The predicted molar refractivity (Wildman–Crippen MR) is 58.8 cm³/mol. The van der Waals surface area contributed by atoms with Gasteiger partial charge >= 0.3 is 0 Å². The van der Waals surface area contributed by atoms with Crippen LogP contribution in [0.15, 0.2) is 18.2 Å². The van der Waals surface area contributed by atoms with Crippen molar-refractivity contribution in [3.8, 4) is 5.75 Å². The Bertz CT molecular complexity index is 326. The van der Waals surface area contributed by atoms with Crippen LogP contribution in [-0.2, 0) is 0 Å². The van der Waals surface area contributed by atoms with Crippen molar-refractivity contribution in [1.82, 2.24) is 0 Å². The number of aliphatic hydroxyl groups is 2. The van der Waals surface area contributed by atoms with Crippen molar-refractivity contribution >= 4 is 0 Å². The van der Waals surface area contributed by atoms with E-state index in [4.69, 9.17) is 9.84 Å². The lowest BCUT2D eigenvalue weighted by atomic mass is 10.1. The molecule has 1 rings (SSSR count). The van der Waals surface area contributed by atoms with Crippen LogP contribution in [0.3, 0.4) is 0 Å². The summed E-state index contributed by atoms with van der Waals surface area (Å²) >= 11 is 0. The molecule has 0 aliphatic carbocycles. The van der Waals surface area contributed by atoms with E-state index >= 15 is 0 Å². The second kappa shape index (κ2) is 6.45. The highest BCUT2D eigenvalue weighted by atomic mass is 19.1. The van der Waals surface area contributed by atoms with Crippen LogP contribution in [0.4, 0.5) is 4.39 Å². The topological polar surface area (TPSA) is 49.7 Å². The van der Waals surface area contributed by atoms with Crippen molar-refractivity contribution in [3.63, 3.8) is 0 Å². The molecule has 0 aliphatic rings. The molecular formula is C12H17FO3. The number of benzene rings is 1. The monoisotopic (exact) mass is 228 g/mol. The zero-order valence-corrected chi connectivity index (χ0v) is 9.32. The highest BCUT2D eigenvalue weighted by Crippen LogP contribution is 2.22. The highest BCUT2D eigenvalue weighted by molar-refractivity contribution is 5.30. The second-order valence-corrected chi connectivity index (χ2v) is 3.65. The van der Waals surface area contributed by atoms with Crippen LogP contribution in [0, 0.1) is 5.82 Å². The fourth-order valence-electron chi connectivity index (χ4n) is 1.29. The minimum absolute atomic E-state index is 0.118. The molecule has 0 saturated heterocycles. The normalized spacial score (nSPS) is 12.5. The van der Waals surface area contributed by atoms with Gasteiger partial charge in [0.1, 0.15) is 0 Å². The first-order valence-electron chi connectivity index (χ1n) is 5.36. The maximum absolute atomic E-state index is 13.4. The van der Waals surface area contributed by atoms with E-state index in [1.165, 1.54) is 12.1 Å². The molecule has 16 heavy (non-hydrogen) atoms. The van der Waals surface area contributed by atoms with Crippen molar-refractivity contribution in [1.29, 1.82) is 0 Å². The van der Waals surface area contributed by atoms with Crippen molar-refractivity contribution in [3.05, 3.63) is 29.6 Å². The van der Waals surface area contributed by atoms with Crippen LogP contribution < -0.4 is 4.74 Å². The second-order valence-electron chi connectivity index (χ2n) is 3.65. The first-order chi connectivity index (χ1) is 7.65. The van der Waals surface area contributed by atoms with E-state index in [-0.39, 0.29) is 12.4 Å². The quantitative estimate of drug-likeness (QED) is 0.732. The fraction of sp³-hybridized carbons (Fsp3) is 0.500. The lowest BCUT2D eigenvalue weighted by molar-refractivity contribution is 0.198. The molecule has 3 nitrogen and oxygen atoms in total. The molecule has 0 unspecified atom stereocenters. The summed E-state index contributed by atoms with van der Waals surface area (Å²) in [5.74, 6) is -0.287. The van der Waals surface area contributed by atoms with E-state index in [1.54, 1.807) is 13.0 Å². The van der Waals surface area contributed by atoms with E-state index in [9.17, 15) is 9.50 Å². The molecular weight excluding hydrogens is 211 g/mol. The van der Waals surface area contributed by atoms with E-state index in [0.717, 1.165) is 0 Å². The van der Waals surface area contributed by atoms with E-state index < -0.39 is 11.9 Å². The first kappa shape index (κ1) is 12.9. The number of unbranched alkanes of at least 4 members (excludes halogenated alkanes) is 1. The van der Waals surface area contributed by atoms with Gasteiger partial charge in [0.25, 0.3) is 0 Å². The average Bonchev–Trinajstić information content (AvgIpc) is 2.26. The average molecular weight is 228 g/mol. The Kier molecular flexibility index (Phi) is 5.22. The Hall–Kier alpha value is -1.13. The smallest absolute Gasteiger partial charge is 0.165 e. The first-order valence-corrected chi connectivity index (χ1v) is 5.36. The van der Waals surface area contributed by atoms with Crippen LogP contribution in [0.5, 0.6) is 5.75 Å². The molecule has 0 bridgehead atoms. The summed E-state index contributed by atoms with van der Waals surface area (Å²) in [7, 11) is 0. The van der Waals surface area contributed by atoms with Crippen molar-refractivity contribution in [2.45, 2.75) is 25.9 Å². The lowest BCUT2D eigenvalue weighted by Crippen LogP contribution is -2.01.